The molecule has 0 bridgehead atoms. The zero-order valence-corrected chi connectivity index (χ0v) is 15.7. The minimum Gasteiger partial charge on any atom is -0.361 e. The van der Waals surface area contributed by atoms with Gasteiger partial charge in [-0.15, -0.1) is 0 Å². The molecule has 4 rings (SSSR count). The Morgan fingerprint density at radius 1 is 1.11 bits per heavy atom. The van der Waals surface area contributed by atoms with E-state index in [0.29, 0.717) is 12.5 Å². The lowest BCUT2D eigenvalue weighted by Gasteiger charge is -2.14. The van der Waals surface area contributed by atoms with Crippen LogP contribution in [0.2, 0.25) is 0 Å². The highest BCUT2D eigenvalue weighted by Crippen LogP contribution is 2.19. The molecule has 3 N–H and O–H groups in total. The smallest absolute Gasteiger partial charge is 0.220 e. The molecule has 0 spiro atoms. The molecule has 1 unspecified atom stereocenters. The number of aromatic amines is 1. The van der Waals surface area contributed by atoms with Gasteiger partial charge in [0.2, 0.25) is 5.91 Å². The second-order valence-corrected chi connectivity index (χ2v) is 7.63. The van der Waals surface area contributed by atoms with Gasteiger partial charge in [0.05, 0.1) is 19.1 Å². The maximum Gasteiger partial charge on any atom is 0.220 e. The predicted octanol–water partition coefficient (Wildman–Crippen LogP) is 2.46. The molecule has 2 heterocycles. The van der Waals surface area contributed by atoms with Gasteiger partial charge in [0.25, 0.3) is 0 Å². The lowest BCUT2D eigenvalue weighted by atomic mass is 10.1. The summed E-state index contributed by atoms with van der Waals surface area (Å²) in [6.07, 6.45) is 5.58. The van der Waals surface area contributed by atoms with Gasteiger partial charge in [-0.25, -0.2) is 0 Å². The number of H-pyrrole nitrogens is 1. The molecule has 1 aliphatic rings. The first-order valence-electron chi connectivity index (χ1n) is 10.00. The number of fused-ring (bicyclic) bond motifs is 1. The van der Waals surface area contributed by atoms with E-state index in [1.807, 2.05) is 6.07 Å². The van der Waals surface area contributed by atoms with E-state index in [1.165, 1.54) is 22.0 Å². The quantitative estimate of drug-likeness (QED) is 0.594. The Morgan fingerprint density at radius 3 is 2.81 bits per heavy atom. The second-order valence-electron chi connectivity index (χ2n) is 7.63. The van der Waals surface area contributed by atoms with Gasteiger partial charge in [0.15, 0.2) is 0 Å². The molecule has 0 saturated carbocycles. The Kier molecular flexibility index (Phi) is 5.54. The molecular weight excluding hydrogens is 334 g/mol. The molecule has 1 fully saturated rings. The van der Waals surface area contributed by atoms with Crippen LogP contribution >= 0.6 is 0 Å². The number of para-hydroxylation sites is 1. The number of hydrogen-bond donors (Lipinski definition) is 3. The Hall–Kier alpha value is -2.59. The summed E-state index contributed by atoms with van der Waals surface area (Å²) in [6.45, 7) is 3.21. The maximum atomic E-state index is 12.3. The minimum absolute atomic E-state index is 0.195. The number of amides is 1. The Balaban J connectivity index is 1.20. The van der Waals surface area contributed by atoms with Crippen LogP contribution in [-0.4, -0.2) is 30.0 Å². The molecule has 3 aromatic rings. The fourth-order valence-electron chi connectivity index (χ4n) is 4.18. The number of carbonyl (C=O) groups excluding carboxylic acids is 1. The van der Waals surface area contributed by atoms with Gasteiger partial charge in [0, 0.05) is 35.5 Å². The number of rotatable bonds is 7. The van der Waals surface area contributed by atoms with Gasteiger partial charge in [-0.1, -0.05) is 48.5 Å². The SMILES string of the molecule is O=C(CCCc1c[nH]c2ccccc12)N[C@@H]1CC[NH+](Cc2ccccc2)C1. The van der Waals surface area contributed by atoms with Crippen LogP contribution < -0.4 is 10.2 Å². The van der Waals surface area contributed by atoms with Crippen molar-refractivity contribution in [1.29, 1.82) is 0 Å². The highest BCUT2D eigenvalue weighted by Gasteiger charge is 2.27. The highest BCUT2D eigenvalue weighted by atomic mass is 16.1. The van der Waals surface area contributed by atoms with Crippen LogP contribution in [0.15, 0.2) is 60.8 Å². The standard InChI is InChI=1S/C23H27N3O/c27-23(12-6-9-19-15-24-22-11-5-4-10-21(19)22)25-20-13-14-26(17-20)16-18-7-2-1-3-8-18/h1-5,7-8,10-11,15,20,24H,6,9,12-14,16-17H2,(H,25,27)/p+1/t20-/m1/s1. The first-order valence-corrected chi connectivity index (χ1v) is 10.00. The van der Waals surface area contributed by atoms with E-state index in [4.69, 9.17) is 0 Å². The lowest BCUT2D eigenvalue weighted by molar-refractivity contribution is -0.901. The third-order valence-electron chi connectivity index (χ3n) is 5.57. The summed E-state index contributed by atoms with van der Waals surface area (Å²) in [5, 5.41) is 4.52. The largest absolute Gasteiger partial charge is 0.361 e. The Morgan fingerprint density at radius 2 is 1.93 bits per heavy atom. The molecule has 2 aromatic carbocycles. The third kappa shape index (κ3) is 4.58. The van der Waals surface area contributed by atoms with E-state index in [2.05, 4.69) is 65.0 Å². The second kappa shape index (κ2) is 8.40. The Bertz CT molecular complexity index is 887. The molecule has 1 aromatic heterocycles. The number of likely N-dealkylation sites (tertiary alicyclic amines) is 1. The molecule has 2 atom stereocenters. The van der Waals surface area contributed by atoms with Gasteiger partial charge in [0.1, 0.15) is 6.54 Å². The van der Waals surface area contributed by atoms with Gasteiger partial charge in [-0.05, 0) is 24.5 Å². The molecule has 1 amide bonds. The molecule has 0 aliphatic carbocycles. The van der Waals surface area contributed by atoms with Crippen LogP contribution in [0.4, 0.5) is 0 Å². The van der Waals surface area contributed by atoms with Crippen molar-refractivity contribution in [3.63, 3.8) is 0 Å². The van der Waals surface area contributed by atoms with Crippen molar-refractivity contribution in [2.75, 3.05) is 13.1 Å². The Labute approximate surface area is 160 Å². The fourth-order valence-corrected chi connectivity index (χ4v) is 4.18. The van der Waals surface area contributed by atoms with Gasteiger partial charge >= 0.3 is 0 Å². The zero-order valence-electron chi connectivity index (χ0n) is 15.7. The van der Waals surface area contributed by atoms with Crippen molar-refractivity contribution < 1.29 is 9.69 Å². The van der Waals surface area contributed by atoms with Crippen LogP contribution in [-0.2, 0) is 17.8 Å². The lowest BCUT2D eigenvalue weighted by Crippen LogP contribution is -3.09. The maximum absolute atomic E-state index is 12.3. The number of carbonyl (C=O) groups is 1. The van der Waals surface area contributed by atoms with Gasteiger partial charge in [-0.3, -0.25) is 4.79 Å². The molecule has 1 saturated heterocycles. The van der Waals surface area contributed by atoms with Crippen molar-refractivity contribution in [2.45, 2.75) is 38.3 Å². The summed E-state index contributed by atoms with van der Waals surface area (Å²) < 4.78 is 0. The number of hydrogen-bond acceptors (Lipinski definition) is 1. The summed E-state index contributed by atoms with van der Waals surface area (Å²) >= 11 is 0. The summed E-state index contributed by atoms with van der Waals surface area (Å²) in [7, 11) is 0. The van der Waals surface area contributed by atoms with Crippen LogP contribution in [0, 0.1) is 0 Å². The summed E-state index contributed by atoms with van der Waals surface area (Å²) in [6, 6.07) is 19.3. The predicted molar refractivity (Wildman–Crippen MR) is 109 cm³/mol. The van der Waals surface area contributed by atoms with Crippen molar-refractivity contribution >= 4 is 16.8 Å². The summed E-state index contributed by atoms with van der Waals surface area (Å²) in [4.78, 5) is 17.2. The van der Waals surface area contributed by atoms with E-state index >= 15 is 0 Å². The van der Waals surface area contributed by atoms with Crippen molar-refractivity contribution in [1.82, 2.24) is 10.3 Å². The minimum atomic E-state index is 0.195. The van der Waals surface area contributed by atoms with Crippen molar-refractivity contribution in [3.8, 4) is 0 Å². The zero-order chi connectivity index (χ0) is 18.5. The van der Waals surface area contributed by atoms with E-state index in [9.17, 15) is 4.79 Å². The summed E-state index contributed by atoms with van der Waals surface area (Å²) in [5.41, 5.74) is 3.85. The topological polar surface area (TPSA) is 49.3 Å². The third-order valence-corrected chi connectivity index (χ3v) is 5.57. The normalized spacial score (nSPS) is 19.4. The van der Waals surface area contributed by atoms with E-state index in [0.717, 1.165) is 38.9 Å². The number of aromatic nitrogens is 1. The monoisotopic (exact) mass is 362 g/mol. The number of nitrogens with one attached hydrogen (secondary N) is 3. The molecule has 1 aliphatic heterocycles. The van der Waals surface area contributed by atoms with E-state index < -0.39 is 0 Å². The highest BCUT2D eigenvalue weighted by molar-refractivity contribution is 5.83. The fraction of sp³-hybridized carbons (Fsp3) is 0.348. The first-order chi connectivity index (χ1) is 13.3. The van der Waals surface area contributed by atoms with E-state index in [-0.39, 0.29) is 5.91 Å². The van der Waals surface area contributed by atoms with Crippen molar-refractivity contribution in [3.05, 3.63) is 71.9 Å². The van der Waals surface area contributed by atoms with Gasteiger partial charge in [-0.2, -0.15) is 0 Å². The molecule has 27 heavy (non-hydrogen) atoms. The number of benzene rings is 2. The first kappa shape index (κ1) is 17.8. The molecule has 0 radical (unpaired) electrons. The molecule has 140 valence electrons. The van der Waals surface area contributed by atoms with Crippen LogP contribution in [0.3, 0.4) is 0 Å². The van der Waals surface area contributed by atoms with Crippen molar-refractivity contribution in [2.24, 2.45) is 0 Å². The molecule has 4 heteroatoms. The number of aryl methyl sites for hydroxylation is 1. The summed E-state index contributed by atoms with van der Waals surface area (Å²) in [5.74, 6) is 0.195. The van der Waals surface area contributed by atoms with Crippen LogP contribution in [0.25, 0.3) is 10.9 Å². The molecular formula is C23H28N3O+. The average molecular weight is 362 g/mol. The number of quaternary nitrogens is 1. The van der Waals surface area contributed by atoms with Gasteiger partial charge < -0.3 is 15.2 Å². The van der Waals surface area contributed by atoms with Crippen LogP contribution in [0.5, 0.6) is 0 Å². The van der Waals surface area contributed by atoms with E-state index in [1.54, 1.807) is 4.90 Å². The molecule has 4 nitrogen and oxygen atoms in total. The van der Waals surface area contributed by atoms with Crippen LogP contribution in [0.1, 0.15) is 30.4 Å². The average Bonchev–Trinajstić information content (AvgIpc) is 3.30.